The zero-order valence-electron chi connectivity index (χ0n) is 22.9. The van der Waals surface area contributed by atoms with Gasteiger partial charge in [0.1, 0.15) is 35.8 Å². The second kappa shape index (κ2) is 10.6. The van der Waals surface area contributed by atoms with E-state index in [9.17, 15) is 27.9 Å². The van der Waals surface area contributed by atoms with Gasteiger partial charge < -0.3 is 25.1 Å². The third-order valence-corrected chi connectivity index (χ3v) is 8.57. The monoisotopic (exact) mass is 591 g/mol. The maximum atomic E-state index is 14.6. The molecule has 2 amide bonds. The van der Waals surface area contributed by atoms with Crippen LogP contribution in [-0.4, -0.2) is 80.9 Å². The van der Waals surface area contributed by atoms with Crippen molar-refractivity contribution in [1.82, 2.24) is 19.5 Å². The van der Waals surface area contributed by atoms with Crippen LogP contribution in [0.2, 0.25) is 0 Å². The first-order valence-corrected chi connectivity index (χ1v) is 14.1. The first-order chi connectivity index (χ1) is 20.8. The number of anilines is 3. The Bertz CT molecular complexity index is 1700. The van der Waals surface area contributed by atoms with Gasteiger partial charge in [-0.25, -0.2) is 22.7 Å². The summed E-state index contributed by atoms with van der Waals surface area (Å²) in [5, 5.41) is 16.3. The molecule has 0 saturated carbocycles. The number of rotatable bonds is 6. The number of halogens is 3. The van der Waals surface area contributed by atoms with Crippen LogP contribution in [0.4, 0.5) is 30.4 Å². The van der Waals surface area contributed by atoms with E-state index >= 15 is 0 Å². The number of nitrogens with one attached hydrogen (secondary N) is 1. The summed E-state index contributed by atoms with van der Waals surface area (Å²) >= 11 is 0. The van der Waals surface area contributed by atoms with Crippen LogP contribution in [-0.2, 0) is 4.79 Å². The van der Waals surface area contributed by atoms with Crippen LogP contribution in [0.5, 0.6) is 0 Å². The summed E-state index contributed by atoms with van der Waals surface area (Å²) in [7, 11) is 0. The molecule has 0 radical (unpaired) electrons. The van der Waals surface area contributed by atoms with Crippen LogP contribution >= 0.6 is 0 Å². The largest absolute Gasteiger partial charge is 0.387 e. The molecule has 2 aromatic heterocycles. The minimum absolute atomic E-state index is 0.0202. The van der Waals surface area contributed by atoms with E-state index in [-0.39, 0.29) is 47.7 Å². The Morgan fingerprint density at radius 2 is 1.77 bits per heavy atom. The molecule has 13 heteroatoms. The van der Waals surface area contributed by atoms with Crippen LogP contribution in [0.1, 0.15) is 34.8 Å². The minimum Gasteiger partial charge on any atom is -0.387 e. The lowest BCUT2D eigenvalue weighted by Crippen LogP contribution is -2.70. The number of carbonyl (C=O) groups excluding carboxylic acids is 2. The van der Waals surface area contributed by atoms with E-state index in [0.717, 1.165) is 30.3 Å². The van der Waals surface area contributed by atoms with Crippen molar-refractivity contribution in [2.24, 2.45) is 0 Å². The Kier molecular flexibility index (Phi) is 6.68. The van der Waals surface area contributed by atoms with E-state index in [1.165, 1.54) is 10.7 Å². The summed E-state index contributed by atoms with van der Waals surface area (Å²) in [6, 6.07) is 11.5. The average Bonchev–Trinajstić information content (AvgIpc) is 3.61. The number of hydrogen-bond acceptors (Lipinski definition) is 7. The molecule has 2 bridgehead atoms. The van der Waals surface area contributed by atoms with Gasteiger partial charge in [0.05, 0.1) is 30.9 Å². The van der Waals surface area contributed by atoms with Gasteiger partial charge >= 0.3 is 0 Å². The van der Waals surface area contributed by atoms with Crippen molar-refractivity contribution in [3.8, 4) is 0 Å². The van der Waals surface area contributed by atoms with E-state index < -0.39 is 36.4 Å². The van der Waals surface area contributed by atoms with Crippen LogP contribution in [0.3, 0.4) is 0 Å². The molecule has 43 heavy (non-hydrogen) atoms. The van der Waals surface area contributed by atoms with Gasteiger partial charge in [-0.2, -0.15) is 5.10 Å². The fourth-order valence-corrected chi connectivity index (χ4v) is 6.55. The number of fused-ring (bicyclic) bond motifs is 3. The van der Waals surface area contributed by atoms with Crippen molar-refractivity contribution < 1.29 is 27.9 Å². The highest BCUT2D eigenvalue weighted by Crippen LogP contribution is 2.38. The Hall–Kier alpha value is -4.65. The Balaban J connectivity index is 1.07. The number of alkyl halides is 1. The first kappa shape index (κ1) is 27.2. The number of nitrogens with zero attached hydrogens (tertiary/aromatic N) is 6. The van der Waals surface area contributed by atoms with E-state index in [0.29, 0.717) is 24.6 Å². The van der Waals surface area contributed by atoms with Gasteiger partial charge in [-0.1, -0.05) is 0 Å². The fourth-order valence-electron chi connectivity index (χ4n) is 6.55. The maximum Gasteiger partial charge on any atom is 0.261 e. The zero-order valence-corrected chi connectivity index (χ0v) is 22.9. The van der Waals surface area contributed by atoms with Gasteiger partial charge in [-0.05, 0) is 55.0 Å². The molecule has 8 rings (SSSR count). The lowest BCUT2D eigenvalue weighted by Gasteiger charge is -2.56. The van der Waals surface area contributed by atoms with E-state index in [4.69, 9.17) is 0 Å². The van der Waals surface area contributed by atoms with E-state index in [1.54, 1.807) is 34.2 Å². The molecule has 4 aliphatic heterocycles. The van der Waals surface area contributed by atoms with Crippen molar-refractivity contribution in [3.63, 3.8) is 0 Å². The molecule has 2 N–H and O–H groups in total. The molecular formula is C30H28F3N7O3. The number of piperazine rings is 1. The molecule has 0 spiro atoms. The fraction of sp³-hybridized carbons (Fsp3) is 0.333. The molecule has 4 aliphatic rings. The van der Waals surface area contributed by atoms with Crippen molar-refractivity contribution in [2.45, 2.75) is 37.1 Å². The molecule has 4 fully saturated rings. The molecule has 4 aromatic rings. The number of amides is 2. The standard InChI is InChI=1S/C30H28F3N7O3/c31-17-1-6-25(33)23(9-17)26-10-18(32)13-38(26)27-7-8-39-29(36-27)24(12-34-39)30(43)35-19-2-4-20(5-3-19)37-14-21-11-22(15-37)40(21)28(42)16-41/h1-9,12,18,21-22,26,41H,10-11,13-16H2,(H,35,43)/t18-,21?,22?,26+/m0/s1. The lowest BCUT2D eigenvalue weighted by molar-refractivity contribution is -0.149. The molecule has 0 aliphatic carbocycles. The SMILES string of the molecule is O=C(Nc1ccc(N2CC3CC(C2)N3C(=O)CO)cc1)c1cnn2ccc(N3C[C@@H](F)C[C@@H]3c3cc(F)ccc3F)nc12. The van der Waals surface area contributed by atoms with Crippen LogP contribution in [0.15, 0.2) is 60.9 Å². The highest BCUT2D eigenvalue weighted by molar-refractivity contribution is 6.08. The number of piperidine rings is 1. The van der Waals surface area contributed by atoms with E-state index in [1.807, 2.05) is 12.1 Å². The molecule has 2 unspecified atom stereocenters. The number of aromatic nitrogens is 3. The summed E-state index contributed by atoms with van der Waals surface area (Å²) in [5.74, 6) is -1.60. The summed E-state index contributed by atoms with van der Waals surface area (Å²) in [5.41, 5.74) is 2.01. The Labute approximate surface area is 244 Å². The van der Waals surface area contributed by atoms with Crippen molar-refractivity contribution in [2.75, 3.05) is 41.4 Å². The third kappa shape index (κ3) is 4.83. The van der Waals surface area contributed by atoms with Gasteiger partial charge in [0.25, 0.3) is 5.91 Å². The quantitative estimate of drug-likeness (QED) is 0.355. The summed E-state index contributed by atoms with van der Waals surface area (Å²) in [6.45, 7) is 0.825. The van der Waals surface area contributed by atoms with Gasteiger partial charge in [0, 0.05) is 42.6 Å². The second-order valence-corrected chi connectivity index (χ2v) is 11.2. The van der Waals surface area contributed by atoms with Gasteiger partial charge in [-0.3, -0.25) is 9.59 Å². The highest BCUT2D eigenvalue weighted by atomic mass is 19.1. The lowest BCUT2D eigenvalue weighted by atomic mass is 9.87. The smallest absolute Gasteiger partial charge is 0.261 e. The molecule has 2 aromatic carbocycles. The normalized spacial score (nSPS) is 23.0. The predicted octanol–water partition coefficient (Wildman–Crippen LogP) is 3.33. The molecule has 6 heterocycles. The third-order valence-electron chi connectivity index (χ3n) is 8.57. The minimum atomic E-state index is -1.26. The van der Waals surface area contributed by atoms with Crippen LogP contribution < -0.4 is 15.1 Å². The molecule has 222 valence electrons. The first-order valence-electron chi connectivity index (χ1n) is 14.1. The average molecular weight is 592 g/mol. The second-order valence-electron chi connectivity index (χ2n) is 11.2. The van der Waals surface area contributed by atoms with Crippen LogP contribution in [0, 0.1) is 11.6 Å². The molecule has 4 saturated heterocycles. The zero-order chi connectivity index (χ0) is 29.8. The Morgan fingerprint density at radius 3 is 2.51 bits per heavy atom. The number of aliphatic hydroxyl groups is 1. The number of benzene rings is 2. The number of carbonyl (C=O) groups is 2. The molecule has 4 atom stereocenters. The van der Waals surface area contributed by atoms with Crippen molar-refractivity contribution in [1.29, 1.82) is 0 Å². The highest BCUT2D eigenvalue weighted by Gasteiger charge is 2.46. The van der Waals surface area contributed by atoms with Crippen molar-refractivity contribution >= 4 is 34.7 Å². The maximum absolute atomic E-state index is 14.6. The topological polar surface area (TPSA) is 106 Å². The predicted molar refractivity (Wildman–Crippen MR) is 152 cm³/mol. The number of aliphatic hydroxyl groups excluding tert-OH is 1. The summed E-state index contributed by atoms with van der Waals surface area (Å²) in [6.07, 6.45) is 2.63. The molecular weight excluding hydrogens is 563 g/mol. The van der Waals surface area contributed by atoms with Gasteiger partial charge in [0.2, 0.25) is 5.91 Å². The van der Waals surface area contributed by atoms with Crippen molar-refractivity contribution in [3.05, 3.63) is 83.7 Å². The molecule has 10 nitrogen and oxygen atoms in total. The summed E-state index contributed by atoms with van der Waals surface area (Å²) in [4.78, 5) is 35.3. The van der Waals surface area contributed by atoms with Gasteiger partial charge in [-0.15, -0.1) is 0 Å². The number of hydrogen-bond donors (Lipinski definition) is 2. The van der Waals surface area contributed by atoms with Crippen LogP contribution in [0.25, 0.3) is 5.65 Å². The summed E-state index contributed by atoms with van der Waals surface area (Å²) < 4.78 is 44.5. The van der Waals surface area contributed by atoms with E-state index in [2.05, 4.69) is 20.3 Å². The van der Waals surface area contributed by atoms with Gasteiger partial charge in [0.15, 0.2) is 5.65 Å². The Morgan fingerprint density at radius 1 is 1.00 bits per heavy atom.